The Morgan fingerprint density at radius 1 is 1.17 bits per heavy atom. The smallest absolute Gasteiger partial charge is 0.238 e. The van der Waals surface area contributed by atoms with E-state index in [9.17, 15) is 15.2 Å². The number of aromatic nitrogens is 2. The molecular formula is C21H23N5O3. The predicted octanol–water partition coefficient (Wildman–Crippen LogP) is 0.655. The molecule has 3 atom stereocenters. The van der Waals surface area contributed by atoms with Crippen molar-refractivity contribution in [3.63, 3.8) is 0 Å². The van der Waals surface area contributed by atoms with Gasteiger partial charge >= 0.3 is 0 Å². The number of carbonyl (C=O) groups excluding carboxylic acids is 1. The number of amides is 1. The molecule has 150 valence electrons. The largest absolute Gasteiger partial charge is 0.394 e. The molecule has 0 bridgehead atoms. The molecule has 29 heavy (non-hydrogen) atoms. The second-order valence-electron chi connectivity index (χ2n) is 7.29. The zero-order valence-corrected chi connectivity index (χ0v) is 16.0. The molecule has 2 aromatic rings. The zero-order valence-electron chi connectivity index (χ0n) is 16.0. The van der Waals surface area contributed by atoms with Crippen LogP contribution in [0.15, 0.2) is 43.0 Å². The number of rotatable bonds is 5. The molecule has 2 aliphatic heterocycles. The number of benzene rings is 1. The van der Waals surface area contributed by atoms with Crippen LogP contribution in [0.25, 0.3) is 11.1 Å². The first-order valence-corrected chi connectivity index (χ1v) is 9.70. The second-order valence-corrected chi connectivity index (χ2v) is 7.29. The van der Waals surface area contributed by atoms with Crippen LogP contribution >= 0.6 is 0 Å². The van der Waals surface area contributed by atoms with E-state index >= 15 is 0 Å². The van der Waals surface area contributed by atoms with Gasteiger partial charge in [0.1, 0.15) is 12.4 Å². The Morgan fingerprint density at radius 3 is 2.48 bits per heavy atom. The van der Waals surface area contributed by atoms with Crippen molar-refractivity contribution in [3.8, 4) is 17.2 Å². The van der Waals surface area contributed by atoms with Crippen LogP contribution in [0.3, 0.4) is 0 Å². The van der Waals surface area contributed by atoms with Gasteiger partial charge in [-0.25, -0.2) is 9.97 Å². The Labute approximate surface area is 169 Å². The number of nitrogens with zero attached hydrogens (tertiary/aromatic N) is 5. The minimum absolute atomic E-state index is 0.119. The minimum atomic E-state index is -0.577. The number of morpholine rings is 1. The molecule has 8 heteroatoms. The molecule has 2 fully saturated rings. The van der Waals surface area contributed by atoms with Gasteiger partial charge in [-0.1, -0.05) is 24.3 Å². The Balaban J connectivity index is 1.49. The fourth-order valence-electron chi connectivity index (χ4n) is 4.13. The van der Waals surface area contributed by atoms with Crippen molar-refractivity contribution in [1.29, 1.82) is 5.26 Å². The highest BCUT2D eigenvalue weighted by Crippen LogP contribution is 2.41. The van der Waals surface area contributed by atoms with Gasteiger partial charge in [0.25, 0.3) is 0 Å². The van der Waals surface area contributed by atoms with Gasteiger partial charge in [0, 0.05) is 37.0 Å². The Morgan fingerprint density at radius 2 is 1.86 bits per heavy atom. The van der Waals surface area contributed by atoms with Crippen LogP contribution in [0.4, 0.5) is 0 Å². The van der Waals surface area contributed by atoms with Gasteiger partial charge in [-0.2, -0.15) is 5.26 Å². The van der Waals surface area contributed by atoms with Gasteiger partial charge in [0.15, 0.2) is 0 Å². The molecule has 2 saturated heterocycles. The summed E-state index contributed by atoms with van der Waals surface area (Å²) in [6.07, 6.45) is 4.97. The lowest BCUT2D eigenvalue weighted by atomic mass is 9.75. The first-order chi connectivity index (χ1) is 14.2. The molecule has 3 heterocycles. The van der Waals surface area contributed by atoms with Crippen LogP contribution in [0.2, 0.25) is 0 Å². The number of likely N-dealkylation sites (tertiary alicyclic amines) is 1. The van der Waals surface area contributed by atoms with Gasteiger partial charge in [-0.3, -0.25) is 9.69 Å². The molecule has 0 spiro atoms. The number of ether oxygens (including phenoxy) is 1. The third-order valence-corrected chi connectivity index (χ3v) is 5.67. The standard InChI is InChI=1S/C21H23N5O3/c22-9-18-21(16-3-1-15(2-4-16)17-10-23-14-24-11-17)19(13-27)26(18)20(28)12-25-5-7-29-8-6-25/h1-4,10-11,14,18-19,21,27H,5-8,12-13H2/t18-,19+,21-/m0/s1. The first-order valence-electron chi connectivity index (χ1n) is 9.70. The van der Waals surface area contributed by atoms with Crippen LogP contribution in [0, 0.1) is 11.3 Å². The molecule has 2 aliphatic rings. The molecule has 8 nitrogen and oxygen atoms in total. The second kappa shape index (κ2) is 8.66. The van der Waals surface area contributed by atoms with Gasteiger partial charge < -0.3 is 14.7 Å². The topological polar surface area (TPSA) is 103 Å². The zero-order chi connectivity index (χ0) is 20.2. The number of carbonyl (C=O) groups is 1. The molecule has 1 aromatic heterocycles. The normalized spacial score (nSPS) is 24.6. The van der Waals surface area contributed by atoms with Crippen LogP contribution < -0.4 is 0 Å². The molecule has 0 radical (unpaired) electrons. The lowest BCUT2D eigenvalue weighted by molar-refractivity contribution is -0.149. The molecule has 0 saturated carbocycles. The van der Waals surface area contributed by atoms with Crippen molar-refractivity contribution in [2.45, 2.75) is 18.0 Å². The quantitative estimate of drug-likeness (QED) is 0.796. The number of hydrogen-bond donors (Lipinski definition) is 1. The van der Waals surface area contributed by atoms with Crippen LogP contribution in [0.5, 0.6) is 0 Å². The fourth-order valence-corrected chi connectivity index (χ4v) is 4.13. The van der Waals surface area contributed by atoms with Crippen molar-refractivity contribution in [3.05, 3.63) is 48.5 Å². The Bertz CT molecular complexity index is 877. The molecule has 0 aliphatic carbocycles. The highest BCUT2D eigenvalue weighted by molar-refractivity contribution is 5.81. The van der Waals surface area contributed by atoms with E-state index in [4.69, 9.17) is 4.74 Å². The van der Waals surface area contributed by atoms with E-state index in [-0.39, 0.29) is 31.0 Å². The third kappa shape index (κ3) is 3.85. The van der Waals surface area contributed by atoms with E-state index in [1.165, 1.54) is 6.33 Å². The molecule has 0 unspecified atom stereocenters. The maximum absolute atomic E-state index is 12.8. The summed E-state index contributed by atoms with van der Waals surface area (Å²) in [6, 6.07) is 9.10. The Hall–Kier alpha value is -2.86. The lowest BCUT2D eigenvalue weighted by Crippen LogP contribution is -2.66. The third-order valence-electron chi connectivity index (χ3n) is 5.67. The maximum atomic E-state index is 12.8. The van der Waals surface area contributed by atoms with Gasteiger partial charge in [0.2, 0.25) is 5.91 Å². The number of aliphatic hydroxyl groups excluding tert-OH is 1. The van der Waals surface area contributed by atoms with Crippen LogP contribution in [-0.4, -0.2) is 82.3 Å². The van der Waals surface area contributed by atoms with E-state index in [1.54, 1.807) is 17.3 Å². The number of aliphatic hydroxyl groups is 1. The van der Waals surface area contributed by atoms with Gasteiger partial charge in [-0.05, 0) is 11.1 Å². The van der Waals surface area contributed by atoms with Crippen molar-refractivity contribution in [2.75, 3.05) is 39.5 Å². The maximum Gasteiger partial charge on any atom is 0.238 e. The average molecular weight is 393 g/mol. The van der Waals surface area contributed by atoms with Crippen molar-refractivity contribution in [2.24, 2.45) is 0 Å². The van der Waals surface area contributed by atoms with Gasteiger partial charge in [0.05, 0.1) is 38.5 Å². The molecule has 1 aromatic carbocycles. The Kier molecular flexibility index (Phi) is 5.81. The number of nitriles is 1. The van der Waals surface area contributed by atoms with E-state index in [0.717, 1.165) is 16.7 Å². The van der Waals surface area contributed by atoms with Crippen molar-refractivity contribution in [1.82, 2.24) is 19.8 Å². The fraction of sp³-hybridized carbons (Fsp3) is 0.429. The molecule has 1 N–H and O–H groups in total. The van der Waals surface area contributed by atoms with Crippen LogP contribution in [0.1, 0.15) is 11.5 Å². The first kappa shape index (κ1) is 19.5. The summed E-state index contributed by atoms with van der Waals surface area (Å²) >= 11 is 0. The van der Waals surface area contributed by atoms with E-state index in [2.05, 4.69) is 16.0 Å². The van der Waals surface area contributed by atoms with E-state index in [1.807, 2.05) is 29.2 Å². The van der Waals surface area contributed by atoms with Crippen LogP contribution in [-0.2, 0) is 9.53 Å². The molecule has 1 amide bonds. The van der Waals surface area contributed by atoms with Crippen molar-refractivity contribution < 1.29 is 14.6 Å². The van der Waals surface area contributed by atoms with E-state index in [0.29, 0.717) is 26.3 Å². The predicted molar refractivity (Wildman–Crippen MR) is 105 cm³/mol. The van der Waals surface area contributed by atoms with E-state index < -0.39 is 6.04 Å². The minimum Gasteiger partial charge on any atom is -0.394 e. The monoisotopic (exact) mass is 393 g/mol. The summed E-state index contributed by atoms with van der Waals surface area (Å²) in [5, 5.41) is 19.6. The molecule has 4 rings (SSSR count). The lowest BCUT2D eigenvalue weighted by Gasteiger charge is -2.52. The summed E-state index contributed by atoms with van der Waals surface area (Å²) in [5.41, 5.74) is 2.82. The summed E-state index contributed by atoms with van der Waals surface area (Å²) in [5.74, 6) is -0.327. The highest BCUT2D eigenvalue weighted by atomic mass is 16.5. The summed E-state index contributed by atoms with van der Waals surface area (Å²) in [6.45, 7) is 2.70. The van der Waals surface area contributed by atoms with Crippen molar-refractivity contribution >= 4 is 5.91 Å². The SMILES string of the molecule is N#C[C@H]1[C@H](c2ccc(-c3cncnc3)cc2)[C@@H](CO)N1C(=O)CN1CCOCC1. The highest BCUT2D eigenvalue weighted by Gasteiger charge is 2.51. The number of hydrogen-bond acceptors (Lipinski definition) is 7. The summed E-state index contributed by atoms with van der Waals surface area (Å²) in [7, 11) is 0. The average Bonchev–Trinajstić information content (AvgIpc) is 2.75. The molecular weight excluding hydrogens is 370 g/mol. The van der Waals surface area contributed by atoms with Gasteiger partial charge in [-0.15, -0.1) is 0 Å². The summed E-state index contributed by atoms with van der Waals surface area (Å²) in [4.78, 5) is 24.4. The summed E-state index contributed by atoms with van der Waals surface area (Å²) < 4.78 is 5.32.